The Morgan fingerprint density at radius 1 is 1.24 bits per heavy atom. The molecule has 0 bridgehead atoms. The van der Waals surface area contributed by atoms with Crippen LogP contribution >= 0.6 is 0 Å². The van der Waals surface area contributed by atoms with E-state index in [1.54, 1.807) is 4.57 Å². The van der Waals surface area contributed by atoms with Gasteiger partial charge in [-0.1, -0.05) is 0 Å². The maximum absolute atomic E-state index is 13.1. The molecule has 1 aromatic carbocycles. The highest BCUT2D eigenvalue weighted by molar-refractivity contribution is 5.55. The summed E-state index contributed by atoms with van der Waals surface area (Å²) in [6.45, 7) is 2.15. The fourth-order valence-electron chi connectivity index (χ4n) is 1.63. The summed E-state index contributed by atoms with van der Waals surface area (Å²) >= 11 is 0. The van der Waals surface area contributed by atoms with Crippen molar-refractivity contribution in [1.29, 1.82) is 0 Å². The molecule has 0 aliphatic rings. The minimum Gasteiger partial charge on any atom is -0.388 e. The zero-order chi connectivity index (χ0) is 12.4. The third-order valence-electron chi connectivity index (χ3n) is 2.46. The quantitative estimate of drug-likeness (QED) is 0.887. The lowest BCUT2D eigenvalue weighted by Gasteiger charge is -2.06. The Morgan fingerprint density at radius 2 is 2.00 bits per heavy atom. The van der Waals surface area contributed by atoms with E-state index in [9.17, 15) is 8.78 Å². The summed E-state index contributed by atoms with van der Waals surface area (Å²) < 4.78 is 27.6. The third kappa shape index (κ3) is 2.03. The van der Waals surface area contributed by atoms with Crippen LogP contribution in [0, 0.1) is 11.6 Å². The molecule has 6 heteroatoms. The van der Waals surface area contributed by atoms with Crippen molar-refractivity contribution in [1.82, 2.24) is 14.8 Å². The number of hydrogen-bond acceptors (Lipinski definition) is 3. The maximum atomic E-state index is 13.1. The van der Waals surface area contributed by atoms with Gasteiger partial charge in [-0.3, -0.25) is 0 Å². The highest BCUT2D eigenvalue weighted by Gasteiger charge is 2.13. The van der Waals surface area contributed by atoms with Gasteiger partial charge in [-0.25, -0.2) is 8.78 Å². The number of aromatic nitrogens is 3. The summed E-state index contributed by atoms with van der Waals surface area (Å²) in [4.78, 5) is 0. The van der Waals surface area contributed by atoms with E-state index >= 15 is 0 Å². The van der Waals surface area contributed by atoms with E-state index in [1.807, 2.05) is 6.92 Å². The Labute approximate surface area is 96.5 Å². The number of aliphatic hydroxyl groups is 1. The molecule has 0 fully saturated rings. The number of rotatable bonds is 3. The molecule has 1 aromatic heterocycles. The molecule has 1 N–H and O–H groups in total. The van der Waals surface area contributed by atoms with Crippen LogP contribution in [0.15, 0.2) is 18.2 Å². The second-order valence-electron chi connectivity index (χ2n) is 3.47. The van der Waals surface area contributed by atoms with Gasteiger partial charge in [0.2, 0.25) is 0 Å². The van der Waals surface area contributed by atoms with Crippen molar-refractivity contribution in [3.8, 4) is 11.4 Å². The minimum absolute atomic E-state index is 0.246. The first kappa shape index (κ1) is 11.7. The molecular weight excluding hydrogens is 228 g/mol. The lowest BCUT2D eigenvalue weighted by molar-refractivity contribution is 0.265. The number of nitrogens with zero attached hydrogens (tertiary/aromatic N) is 3. The fraction of sp³-hybridized carbons (Fsp3) is 0.273. The van der Waals surface area contributed by atoms with Crippen LogP contribution in [0.3, 0.4) is 0 Å². The van der Waals surface area contributed by atoms with Gasteiger partial charge >= 0.3 is 0 Å². The van der Waals surface area contributed by atoms with E-state index in [0.29, 0.717) is 23.8 Å². The highest BCUT2D eigenvalue weighted by Crippen LogP contribution is 2.20. The van der Waals surface area contributed by atoms with Gasteiger partial charge in [0.05, 0.1) is 0 Å². The second-order valence-corrected chi connectivity index (χ2v) is 3.47. The molecule has 2 rings (SSSR count). The van der Waals surface area contributed by atoms with Gasteiger partial charge in [-0.15, -0.1) is 10.2 Å². The predicted molar refractivity (Wildman–Crippen MR) is 57.0 cm³/mol. The largest absolute Gasteiger partial charge is 0.388 e. The molecule has 0 aliphatic carbocycles. The van der Waals surface area contributed by atoms with Crippen LogP contribution in [0.25, 0.3) is 11.4 Å². The van der Waals surface area contributed by atoms with E-state index < -0.39 is 11.6 Å². The van der Waals surface area contributed by atoms with Crippen LogP contribution in [0.5, 0.6) is 0 Å². The van der Waals surface area contributed by atoms with Crippen molar-refractivity contribution in [2.24, 2.45) is 0 Å². The number of hydrogen-bond donors (Lipinski definition) is 1. The van der Waals surface area contributed by atoms with Gasteiger partial charge in [-0.2, -0.15) is 0 Å². The smallest absolute Gasteiger partial charge is 0.164 e. The van der Waals surface area contributed by atoms with E-state index in [-0.39, 0.29) is 6.61 Å². The van der Waals surface area contributed by atoms with Crippen molar-refractivity contribution >= 4 is 0 Å². The Bertz CT molecular complexity index is 540. The van der Waals surface area contributed by atoms with Gasteiger partial charge < -0.3 is 9.67 Å². The van der Waals surface area contributed by atoms with Crippen molar-refractivity contribution in [2.45, 2.75) is 20.1 Å². The van der Waals surface area contributed by atoms with Crippen LogP contribution in [0.1, 0.15) is 12.7 Å². The molecule has 1 heterocycles. The summed E-state index contributed by atoms with van der Waals surface area (Å²) in [5.41, 5.74) is 0.429. The van der Waals surface area contributed by atoms with E-state index in [0.717, 1.165) is 12.1 Å². The maximum Gasteiger partial charge on any atom is 0.164 e. The summed E-state index contributed by atoms with van der Waals surface area (Å²) in [7, 11) is 0. The van der Waals surface area contributed by atoms with Crippen LogP contribution in [0.4, 0.5) is 8.78 Å². The van der Waals surface area contributed by atoms with Gasteiger partial charge in [0.1, 0.15) is 6.61 Å². The number of benzene rings is 1. The lowest BCUT2D eigenvalue weighted by Crippen LogP contribution is -2.03. The summed E-state index contributed by atoms with van der Waals surface area (Å²) in [6.07, 6.45) is 0. The molecule has 90 valence electrons. The van der Waals surface area contributed by atoms with Gasteiger partial charge in [0.15, 0.2) is 23.3 Å². The predicted octanol–water partition coefficient (Wildman–Crippen LogP) is 1.74. The van der Waals surface area contributed by atoms with Crippen LogP contribution in [0.2, 0.25) is 0 Å². The summed E-state index contributed by atoms with van der Waals surface area (Å²) in [6, 6.07) is 3.53. The lowest BCUT2D eigenvalue weighted by atomic mass is 10.2. The third-order valence-corrected chi connectivity index (χ3v) is 2.46. The zero-order valence-corrected chi connectivity index (χ0v) is 9.19. The summed E-state index contributed by atoms with van der Waals surface area (Å²) in [5.74, 6) is -1.03. The normalized spacial score (nSPS) is 10.8. The standard InChI is InChI=1S/C11H11F2N3O/c1-2-16-10(6-17)14-15-11(16)7-3-4-8(12)9(13)5-7/h3-5,17H,2,6H2,1H3. The number of halogens is 2. The Morgan fingerprint density at radius 3 is 2.59 bits per heavy atom. The van der Waals surface area contributed by atoms with Crippen LogP contribution in [-0.2, 0) is 13.2 Å². The zero-order valence-electron chi connectivity index (χ0n) is 9.19. The molecule has 0 spiro atoms. The molecule has 0 radical (unpaired) electrons. The van der Waals surface area contributed by atoms with Crippen molar-refractivity contribution in [3.63, 3.8) is 0 Å². The minimum atomic E-state index is -0.932. The van der Waals surface area contributed by atoms with E-state index in [1.165, 1.54) is 6.07 Å². The van der Waals surface area contributed by atoms with Gasteiger partial charge in [0, 0.05) is 12.1 Å². The highest BCUT2D eigenvalue weighted by atomic mass is 19.2. The molecule has 17 heavy (non-hydrogen) atoms. The molecule has 0 saturated carbocycles. The van der Waals surface area contributed by atoms with Crippen molar-refractivity contribution < 1.29 is 13.9 Å². The van der Waals surface area contributed by atoms with Crippen LogP contribution < -0.4 is 0 Å². The molecule has 0 unspecified atom stereocenters. The monoisotopic (exact) mass is 239 g/mol. The first-order valence-corrected chi connectivity index (χ1v) is 5.15. The summed E-state index contributed by atoms with van der Waals surface area (Å²) in [5, 5.41) is 16.7. The Kier molecular flexibility index (Phi) is 3.14. The van der Waals surface area contributed by atoms with Gasteiger partial charge in [0.25, 0.3) is 0 Å². The second kappa shape index (κ2) is 4.58. The topological polar surface area (TPSA) is 50.9 Å². The molecule has 2 aromatic rings. The van der Waals surface area contributed by atoms with Crippen LogP contribution in [-0.4, -0.2) is 19.9 Å². The average molecular weight is 239 g/mol. The first-order valence-electron chi connectivity index (χ1n) is 5.15. The first-order chi connectivity index (χ1) is 8.17. The molecule has 0 atom stereocenters. The molecule has 0 amide bonds. The molecular formula is C11H11F2N3O. The molecule has 0 saturated heterocycles. The average Bonchev–Trinajstić information content (AvgIpc) is 2.75. The Balaban J connectivity index is 2.52. The Hall–Kier alpha value is -1.82. The molecule has 0 aliphatic heterocycles. The molecule has 4 nitrogen and oxygen atoms in total. The van der Waals surface area contributed by atoms with Crippen molar-refractivity contribution in [2.75, 3.05) is 0 Å². The van der Waals surface area contributed by atoms with Crippen molar-refractivity contribution in [3.05, 3.63) is 35.7 Å². The van der Waals surface area contributed by atoms with E-state index in [4.69, 9.17) is 5.11 Å². The van der Waals surface area contributed by atoms with E-state index in [2.05, 4.69) is 10.2 Å². The fourth-order valence-corrected chi connectivity index (χ4v) is 1.63. The SMILES string of the molecule is CCn1c(CO)nnc1-c1ccc(F)c(F)c1. The number of aliphatic hydroxyl groups excluding tert-OH is 1. The van der Waals surface area contributed by atoms with Gasteiger partial charge in [-0.05, 0) is 25.1 Å².